The van der Waals surface area contributed by atoms with Gasteiger partial charge in [0.25, 0.3) is 0 Å². The lowest BCUT2D eigenvalue weighted by atomic mass is 9.64. The number of benzene rings is 4. The van der Waals surface area contributed by atoms with Crippen molar-refractivity contribution in [3.05, 3.63) is 117 Å². The number of fused-ring (bicyclic) bond motifs is 10. The molecule has 0 radical (unpaired) electrons. The van der Waals surface area contributed by atoms with Crippen LogP contribution in [0.5, 0.6) is 11.5 Å². The van der Waals surface area contributed by atoms with Crippen LogP contribution in [0, 0.1) is 46.9 Å². The van der Waals surface area contributed by atoms with Gasteiger partial charge in [-0.15, -0.1) is 0 Å². The predicted molar refractivity (Wildman–Crippen MR) is 285 cm³/mol. The second-order valence-electron chi connectivity index (χ2n) is 22.6. The predicted octanol–water partition coefficient (Wildman–Crippen LogP) is 9.38. The van der Waals surface area contributed by atoms with Crippen molar-refractivity contribution in [1.82, 2.24) is 14.3 Å². The fourth-order valence-corrected chi connectivity index (χ4v) is 22.3. The zero-order chi connectivity index (χ0) is 60.8. The lowest BCUT2D eigenvalue weighted by molar-refractivity contribution is -0.488. The van der Waals surface area contributed by atoms with Crippen LogP contribution >= 0.6 is 11.6 Å². The summed E-state index contributed by atoms with van der Waals surface area (Å²) in [4.78, 5) is 0.920. The van der Waals surface area contributed by atoms with Gasteiger partial charge in [0.2, 0.25) is 20.0 Å². The molecular weight excluding hydrogens is 1220 g/mol. The Balaban J connectivity index is 0.000000200. The standard InChI is InChI=1S/C27H30ClF5N2O5S2.C27H30F5N2O5S2/c1-35(2)11-3-4-17-12-18-19-14-40-25-21(29)13-20(28)24(30)23(25)26(19,10-9-22(18)34-42(17,38)39)41(36,37)16-7-5-15(6-8-16)27(31,32)33;1-34(2)13-3-4-18-14-19-20-15-39-25-22(29)10-9-21(28)24(25)26(20,12-11-23(19)33-41(18,37)38)40(35,36)17-7-5-16(6-8-17)27(30,31)32/h5-8,13,17-19,22,34H,3-4,9-12,14H2,1-2H3;5-10,18-20,23,33H,1,3-4,11-15H2,2H3/q;+1/t17-,18+,19+,22-,26+;18-,19+,20+,23-,26+/m11/s1. The van der Waals surface area contributed by atoms with E-state index in [-0.39, 0.29) is 64.6 Å². The minimum atomic E-state index is -4.74. The highest BCUT2D eigenvalue weighted by Crippen LogP contribution is 2.62. The van der Waals surface area contributed by atoms with E-state index in [4.69, 9.17) is 21.1 Å². The zero-order valence-corrected chi connectivity index (χ0v) is 48.9. The number of sulfonamides is 2. The Morgan fingerprint density at radius 2 is 1.08 bits per heavy atom. The largest absolute Gasteiger partial charge is 0.490 e. The third-order valence-corrected chi connectivity index (χ3v) is 26.8. The summed E-state index contributed by atoms with van der Waals surface area (Å²) in [7, 11) is -11.5. The number of halogens is 11. The molecule has 83 heavy (non-hydrogen) atoms. The second-order valence-corrected chi connectivity index (χ2v) is 31.4. The summed E-state index contributed by atoms with van der Waals surface area (Å²) < 4.78 is 266. The molecule has 2 aliphatic carbocycles. The molecule has 2 N–H and O–H groups in total. The van der Waals surface area contributed by atoms with Gasteiger partial charge in [0.1, 0.15) is 35.6 Å². The summed E-state index contributed by atoms with van der Waals surface area (Å²) in [5, 5.41) is -2.41. The molecule has 4 fully saturated rings. The van der Waals surface area contributed by atoms with Gasteiger partial charge < -0.3 is 14.4 Å². The number of hydrogen-bond acceptors (Lipinski definition) is 11. The summed E-state index contributed by atoms with van der Waals surface area (Å²) >= 11 is 6.01. The van der Waals surface area contributed by atoms with E-state index in [2.05, 4.69) is 16.2 Å². The Hall–Kier alpha value is -4.58. The molecule has 10 atom stereocenters. The van der Waals surface area contributed by atoms with Gasteiger partial charge in [-0.05, 0) is 157 Å². The van der Waals surface area contributed by atoms with Crippen LogP contribution in [0.25, 0.3) is 0 Å². The van der Waals surface area contributed by atoms with Crippen molar-refractivity contribution in [2.24, 2.45) is 23.7 Å². The Morgan fingerprint density at radius 1 is 0.663 bits per heavy atom. The molecule has 4 aromatic rings. The molecule has 14 nitrogen and oxygen atoms in total. The molecule has 0 spiro atoms. The van der Waals surface area contributed by atoms with E-state index in [0.29, 0.717) is 56.3 Å². The smallest absolute Gasteiger partial charge is 0.416 e. The van der Waals surface area contributed by atoms with Gasteiger partial charge in [-0.2, -0.15) is 26.3 Å². The van der Waals surface area contributed by atoms with Crippen molar-refractivity contribution in [2.45, 2.75) is 118 Å². The number of alkyl halides is 6. The summed E-state index contributed by atoms with van der Waals surface area (Å²) in [5.41, 5.74) is -3.25. The maximum Gasteiger partial charge on any atom is 0.416 e. The van der Waals surface area contributed by atoms with Gasteiger partial charge in [-0.3, -0.25) is 0 Å². The van der Waals surface area contributed by atoms with Crippen LogP contribution in [-0.2, 0) is 61.6 Å². The number of rotatable bonds is 12. The van der Waals surface area contributed by atoms with Crippen LogP contribution in [0.15, 0.2) is 76.5 Å². The molecule has 10 rings (SSSR count). The second kappa shape index (κ2) is 22.6. The van der Waals surface area contributed by atoms with Gasteiger partial charge in [0, 0.05) is 30.3 Å². The number of nitrogens with one attached hydrogen (secondary N) is 2. The lowest BCUT2D eigenvalue weighted by Crippen LogP contribution is -2.63. The Morgan fingerprint density at radius 3 is 1.52 bits per heavy atom. The first-order valence-corrected chi connectivity index (χ1v) is 33.0. The molecule has 4 aromatic carbocycles. The highest BCUT2D eigenvalue weighted by atomic mass is 35.5. The molecule has 0 bridgehead atoms. The van der Waals surface area contributed by atoms with Gasteiger partial charge in [-0.25, -0.2) is 65.3 Å². The molecule has 0 amide bonds. The van der Waals surface area contributed by atoms with E-state index in [1.807, 2.05) is 19.0 Å². The molecule has 0 aromatic heterocycles. The maximum absolute atomic E-state index is 15.9. The van der Waals surface area contributed by atoms with Crippen LogP contribution in [-0.4, -0.2) is 120 Å². The fraction of sp³-hybridized carbons (Fsp3) is 0.537. The summed E-state index contributed by atoms with van der Waals surface area (Å²) in [6, 6.07) is 6.70. The Labute approximate surface area is 479 Å². The van der Waals surface area contributed by atoms with Gasteiger partial charge in [0.15, 0.2) is 48.6 Å². The monoisotopic (exact) mass is 1280 g/mol. The van der Waals surface area contributed by atoms with Crippen LogP contribution < -0.4 is 18.9 Å². The Kier molecular flexibility index (Phi) is 17.1. The normalized spacial score (nSPS) is 29.0. The average Bonchev–Trinajstić information content (AvgIpc) is 0.774. The molecule has 456 valence electrons. The highest BCUT2D eigenvalue weighted by Gasteiger charge is 2.66. The van der Waals surface area contributed by atoms with Gasteiger partial charge >= 0.3 is 12.4 Å². The SMILES string of the molecule is C=[N+](C)CCC[C@@H]1C[C@@H]2[C@@H](CC[C@@]3(S(=O)(=O)c4ccc(C(F)(F)F)cc4)c4c(F)ccc(F)c4OC[C@@H]23)NS1(=O)=O.CN(C)CCC[C@@H]1C[C@@H]2[C@@H](CC[C@@]3(S(=O)(=O)c4ccc(C(F)(F)F)cc4)c4c(F)c(Cl)cc(F)c4OC[C@@H]23)NS1(=O)=O. The van der Waals surface area contributed by atoms with Gasteiger partial charge in [-0.1, -0.05) is 11.6 Å². The van der Waals surface area contributed by atoms with Crippen LogP contribution in [0.3, 0.4) is 0 Å². The topological polar surface area (TPSA) is 185 Å². The molecule has 29 heteroatoms. The molecule has 0 unspecified atom stereocenters. The van der Waals surface area contributed by atoms with E-state index in [9.17, 15) is 64.4 Å². The summed E-state index contributed by atoms with van der Waals surface area (Å²) in [5.74, 6) is -8.82. The number of ether oxygens (including phenoxy) is 2. The van der Waals surface area contributed by atoms with E-state index >= 15 is 13.2 Å². The fourth-order valence-electron chi connectivity index (χ4n) is 13.6. The lowest BCUT2D eigenvalue weighted by Gasteiger charge is -2.55. The third kappa shape index (κ3) is 11.2. The molecule has 6 aliphatic rings. The van der Waals surface area contributed by atoms with Crippen molar-refractivity contribution < 1.29 is 91.6 Å². The average molecular weight is 1280 g/mol. The first kappa shape index (κ1) is 62.9. The van der Waals surface area contributed by atoms with E-state index in [1.54, 1.807) is 11.6 Å². The maximum atomic E-state index is 15.9. The van der Waals surface area contributed by atoms with Crippen LogP contribution in [0.1, 0.15) is 86.5 Å². The number of nitrogens with zero attached hydrogens (tertiary/aromatic N) is 2. The van der Waals surface area contributed by atoms with E-state index in [1.165, 1.54) is 0 Å². The zero-order valence-electron chi connectivity index (χ0n) is 44.8. The highest BCUT2D eigenvalue weighted by molar-refractivity contribution is 7.93. The minimum absolute atomic E-state index is 0.00993. The summed E-state index contributed by atoms with van der Waals surface area (Å²) in [6.45, 7) is 4.18. The van der Waals surface area contributed by atoms with Crippen molar-refractivity contribution >= 4 is 58.0 Å². The molecule has 2 saturated carbocycles. The Bertz CT molecular complexity index is 3640. The first-order chi connectivity index (χ1) is 38.6. The quantitative estimate of drug-likeness (QED) is 0.0596. The third-order valence-electron chi connectivity index (χ3n) is 17.5. The molecular formula is C54H60ClF10N4O10S4+. The molecule has 2 saturated heterocycles. The molecule has 4 aliphatic heterocycles. The first-order valence-electron chi connectivity index (χ1n) is 26.5. The van der Waals surface area contributed by atoms with Crippen molar-refractivity contribution in [3.63, 3.8) is 0 Å². The van der Waals surface area contributed by atoms with Crippen LogP contribution in [0.2, 0.25) is 5.02 Å². The van der Waals surface area contributed by atoms with Crippen molar-refractivity contribution in [2.75, 3.05) is 47.4 Å². The van der Waals surface area contributed by atoms with Gasteiger partial charge in [0.05, 0.1) is 60.8 Å². The number of hydrogen-bond donors (Lipinski definition) is 2. The van der Waals surface area contributed by atoms with E-state index < -0.39 is 180 Å². The van der Waals surface area contributed by atoms with Crippen molar-refractivity contribution in [1.29, 1.82) is 0 Å². The summed E-state index contributed by atoms with van der Waals surface area (Å²) in [6.07, 6.45) is -8.42. The number of sulfone groups is 2. The van der Waals surface area contributed by atoms with E-state index in [0.717, 1.165) is 36.4 Å². The van der Waals surface area contributed by atoms with Crippen molar-refractivity contribution in [3.8, 4) is 11.5 Å². The van der Waals surface area contributed by atoms with Crippen LogP contribution in [0.4, 0.5) is 43.9 Å². The molecule has 4 heterocycles. The minimum Gasteiger partial charge on any atom is -0.490 e.